The third-order valence-electron chi connectivity index (χ3n) is 5.78. The second-order valence-electron chi connectivity index (χ2n) is 7.70. The molecule has 0 unspecified atom stereocenters. The second-order valence-corrected chi connectivity index (χ2v) is 7.70. The summed E-state index contributed by atoms with van der Waals surface area (Å²) in [6.45, 7) is 7.30. The van der Waals surface area contributed by atoms with E-state index >= 15 is 0 Å². The lowest BCUT2D eigenvalue weighted by Gasteiger charge is -2.57. The lowest BCUT2D eigenvalue weighted by Crippen LogP contribution is -2.66. The van der Waals surface area contributed by atoms with Crippen molar-refractivity contribution in [1.29, 1.82) is 0 Å². The molecule has 1 N–H and O–H groups in total. The van der Waals surface area contributed by atoms with Crippen LogP contribution in [0.15, 0.2) is 24.3 Å². The number of aryl methyl sites for hydroxylation is 1. The molecule has 122 valence electrons. The van der Waals surface area contributed by atoms with Crippen LogP contribution in [0, 0.1) is 18.3 Å². The summed E-state index contributed by atoms with van der Waals surface area (Å²) in [6, 6.07) is 8.42. The van der Waals surface area contributed by atoms with Crippen molar-refractivity contribution in [3.63, 3.8) is 0 Å². The molecule has 1 aromatic heterocycles. The van der Waals surface area contributed by atoms with Crippen molar-refractivity contribution < 1.29 is 9.53 Å². The van der Waals surface area contributed by atoms with Gasteiger partial charge in [0, 0.05) is 41.9 Å². The van der Waals surface area contributed by atoms with E-state index in [-0.39, 0.29) is 17.4 Å². The van der Waals surface area contributed by atoms with Crippen molar-refractivity contribution in [2.75, 3.05) is 13.7 Å². The fourth-order valence-corrected chi connectivity index (χ4v) is 4.76. The number of rotatable bonds is 2. The Morgan fingerprint density at radius 2 is 2.13 bits per heavy atom. The zero-order valence-corrected chi connectivity index (χ0v) is 14.2. The maximum absolute atomic E-state index is 13.0. The van der Waals surface area contributed by atoms with E-state index in [1.165, 1.54) is 5.56 Å². The Morgan fingerprint density at radius 1 is 1.35 bits per heavy atom. The van der Waals surface area contributed by atoms with Gasteiger partial charge in [-0.05, 0) is 31.0 Å². The van der Waals surface area contributed by atoms with Gasteiger partial charge in [-0.1, -0.05) is 26.0 Å². The zero-order chi connectivity index (χ0) is 16.4. The topological polar surface area (TPSA) is 45.3 Å². The molecule has 0 spiro atoms. The van der Waals surface area contributed by atoms with E-state index in [4.69, 9.17) is 4.74 Å². The van der Waals surface area contributed by atoms with Crippen LogP contribution in [0.2, 0.25) is 0 Å². The molecule has 1 amide bonds. The van der Waals surface area contributed by atoms with E-state index < -0.39 is 0 Å². The molecule has 0 radical (unpaired) electrons. The number of aromatic nitrogens is 1. The van der Waals surface area contributed by atoms with Crippen molar-refractivity contribution in [2.45, 2.75) is 39.3 Å². The third-order valence-corrected chi connectivity index (χ3v) is 5.78. The van der Waals surface area contributed by atoms with Crippen LogP contribution >= 0.6 is 0 Å². The van der Waals surface area contributed by atoms with Gasteiger partial charge in [0.1, 0.15) is 5.69 Å². The fraction of sp³-hybridized carbons (Fsp3) is 0.526. The Labute approximate surface area is 136 Å². The van der Waals surface area contributed by atoms with Gasteiger partial charge in [0.05, 0.1) is 6.10 Å². The SMILES string of the molecule is Cc1ccc2cc(C(=O)N(C)[C@@H]3[C@H]4CCO[C@H]4C3(C)C)[nH]c2c1. The Kier molecular flexibility index (Phi) is 3.11. The average Bonchev–Trinajstić information content (AvgIpc) is 3.10. The highest BCUT2D eigenvalue weighted by molar-refractivity contribution is 5.98. The van der Waals surface area contributed by atoms with Crippen molar-refractivity contribution in [3.05, 3.63) is 35.5 Å². The van der Waals surface area contributed by atoms with Gasteiger partial charge in [-0.3, -0.25) is 4.79 Å². The van der Waals surface area contributed by atoms with Crippen molar-refractivity contribution >= 4 is 16.8 Å². The first kappa shape index (κ1) is 14.8. The molecule has 23 heavy (non-hydrogen) atoms. The summed E-state index contributed by atoms with van der Waals surface area (Å²) in [6.07, 6.45) is 1.36. The van der Waals surface area contributed by atoms with Crippen LogP contribution in [-0.4, -0.2) is 41.6 Å². The second kappa shape index (κ2) is 4.84. The largest absolute Gasteiger partial charge is 0.377 e. The monoisotopic (exact) mass is 312 g/mol. The number of nitrogens with zero attached hydrogens (tertiary/aromatic N) is 1. The van der Waals surface area contributed by atoms with Crippen molar-refractivity contribution in [3.8, 4) is 0 Å². The first-order chi connectivity index (χ1) is 10.9. The maximum atomic E-state index is 13.0. The first-order valence-electron chi connectivity index (χ1n) is 8.38. The van der Waals surface area contributed by atoms with Crippen LogP contribution in [0.1, 0.15) is 36.3 Å². The Bertz CT molecular complexity index is 777. The Hall–Kier alpha value is -1.81. The van der Waals surface area contributed by atoms with Gasteiger partial charge in [-0.15, -0.1) is 0 Å². The smallest absolute Gasteiger partial charge is 0.270 e. The number of amides is 1. The van der Waals surface area contributed by atoms with Crippen LogP contribution in [0.3, 0.4) is 0 Å². The van der Waals surface area contributed by atoms with Gasteiger partial charge < -0.3 is 14.6 Å². The molecule has 2 fully saturated rings. The lowest BCUT2D eigenvalue weighted by atomic mass is 9.57. The lowest BCUT2D eigenvalue weighted by molar-refractivity contribution is -0.139. The highest BCUT2D eigenvalue weighted by Crippen LogP contribution is 2.54. The summed E-state index contributed by atoms with van der Waals surface area (Å²) in [5.74, 6) is 0.549. The number of hydrogen-bond donors (Lipinski definition) is 1. The number of fused-ring (bicyclic) bond motifs is 2. The predicted molar refractivity (Wildman–Crippen MR) is 90.5 cm³/mol. The van der Waals surface area contributed by atoms with Crippen LogP contribution in [0.25, 0.3) is 10.9 Å². The molecule has 4 nitrogen and oxygen atoms in total. The number of H-pyrrole nitrogens is 1. The van der Waals surface area contributed by atoms with E-state index in [0.29, 0.717) is 17.7 Å². The molecule has 3 atom stereocenters. The van der Waals surface area contributed by atoms with E-state index in [1.54, 1.807) is 0 Å². The molecular weight excluding hydrogens is 288 g/mol. The summed E-state index contributed by atoms with van der Waals surface area (Å²) in [5.41, 5.74) is 2.91. The zero-order valence-electron chi connectivity index (χ0n) is 14.2. The molecular formula is C19H24N2O2. The highest BCUT2D eigenvalue weighted by atomic mass is 16.5. The van der Waals surface area contributed by atoms with Gasteiger partial charge >= 0.3 is 0 Å². The predicted octanol–water partition coefficient (Wildman–Crippen LogP) is 3.36. The van der Waals surface area contributed by atoms with Gasteiger partial charge in [0.15, 0.2) is 0 Å². The minimum absolute atomic E-state index is 0.0220. The summed E-state index contributed by atoms with van der Waals surface area (Å²) in [7, 11) is 1.93. The Balaban J connectivity index is 1.62. The molecule has 0 bridgehead atoms. The molecule has 1 saturated carbocycles. The van der Waals surface area contributed by atoms with Crippen LogP contribution < -0.4 is 0 Å². The molecule has 4 rings (SSSR count). The minimum atomic E-state index is 0.0220. The number of carbonyl (C=O) groups excluding carboxylic acids is 1. The maximum Gasteiger partial charge on any atom is 0.270 e. The number of carbonyl (C=O) groups is 1. The highest BCUT2D eigenvalue weighted by Gasteiger charge is 2.61. The van der Waals surface area contributed by atoms with Gasteiger partial charge in [-0.25, -0.2) is 0 Å². The van der Waals surface area contributed by atoms with Crippen molar-refractivity contribution in [1.82, 2.24) is 9.88 Å². The summed E-state index contributed by atoms with van der Waals surface area (Å²) < 4.78 is 5.85. The standard InChI is InChI=1S/C19H24N2O2/c1-11-5-6-12-10-15(20-14(12)9-11)18(22)21(4)16-13-7-8-23-17(13)19(16,2)3/h5-6,9-10,13,16-17,20H,7-8H2,1-4H3/t13-,16-,17-/m1/s1. The quantitative estimate of drug-likeness (QED) is 0.924. The molecule has 2 aliphatic rings. The number of nitrogens with one attached hydrogen (secondary N) is 1. The van der Waals surface area contributed by atoms with Crippen molar-refractivity contribution in [2.24, 2.45) is 11.3 Å². The molecule has 2 heterocycles. The van der Waals surface area contributed by atoms with Crippen LogP contribution in [0.5, 0.6) is 0 Å². The minimum Gasteiger partial charge on any atom is -0.377 e. The van der Waals surface area contributed by atoms with Gasteiger partial charge in [-0.2, -0.15) is 0 Å². The normalized spacial score (nSPS) is 28.4. The van der Waals surface area contributed by atoms with E-state index in [9.17, 15) is 4.79 Å². The van der Waals surface area contributed by atoms with Gasteiger partial charge in [0.25, 0.3) is 5.91 Å². The van der Waals surface area contributed by atoms with Crippen LogP contribution in [-0.2, 0) is 4.74 Å². The Morgan fingerprint density at radius 3 is 2.91 bits per heavy atom. The van der Waals surface area contributed by atoms with Crippen LogP contribution in [0.4, 0.5) is 0 Å². The third kappa shape index (κ3) is 2.04. The molecule has 4 heteroatoms. The molecule has 1 aromatic carbocycles. The molecule has 1 aliphatic heterocycles. The number of aromatic amines is 1. The molecule has 1 saturated heterocycles. The summed E-state index contributed by atoms with van der Waals surface area (Å²) in [4.78, 5) is 18.2. The number of hydrogen-bond acceptors (Lipinski definition) is 2. The van der Waals surface area contributed by atoms with E-state index in [2.05, 4.69) is 44.0 Å². The average molecular weight is 312 g/mol. The number of benzene rings is 1. The molecule has 2 aromatic rings. The van der Waals surface area contributed by atoms with E-state index in [1.807, 2.05) is 18.0 Å². The summed E-state index contributed by atoms with van der Waals surface area (Å²) >= 11 is 0. The van der Waals surface area contributed by atoms with E-state index in [0.717, 1.165) is 23.9 Å². The number of ether oxygens (including phenoxy) is 1. The summed E-state index contributed by atoms with van der Waals surface area (Å²) in [5, 5.41) is 1.09. The van der Waals surface area contributed by atoms with Gasteiger partial charge in [0.2, 0.25) is 0 Å². The first-order valence-corrected chi connectivity index (χ1v) is 8.38. The fourth-order valence-electron chi connectivity index (χ4n) is 4.76. The molecule has 1 aliphatic carbocycles.